The quantitative estimate of drug-likeness (QED) is 0.620. The molecule has 1 aliphatic rings. The molecule has 140 valence electrons. The first-order chi connectivity index (χ1) is 13.1. The van der Waals surface area contributed by atoms with Gasteiger partial charge in [-0.2, -0.15) is 4.40 Å². The van der Waals surface area contributed by atoms with Crippen molar-refractivity contribution in [3.63, 3.8) is 0 Å². The van der Waals surface area contributed by atoms with Crippen LogP contribution < -0.4 is 9.72 Å². The number of imidazole rings is 1. The van der Waals surface area contributed by atoms with E-state index in [2.05, 4.69) is 10.3 Å². The van der Waals surface area contributed by atoms with Gasteiger partial charge in [0, 0.05) is 5.56 Å². The summed E-state index contributed by atoms with van der Waals surface area (Å²) in [6, 6.07) is 11.8. The average Bonchev–Trinajstić information content (AvgIpc) is 3.09. The molecule has 3 aromatic rings. The number of H-pyrrole nitrogens is 1. The lowest BCUT2D eigenvalue weighted by atomic mass is 9.82. The van der Waals surface area contributed by atoms with E-state index in [-0.39, 0.29) is 18.3 Å². The maximum Gasteiger partial charge on any atom is 0.351 e. The Bertz CT molecular complexity index is 959. The zero-order valence-electron chi connectivity index (χ0n) is 15.0. The number of hydrogen-bond donors (Lipinski definition) is 3. The molecule has 6 heteroatoms. The van der Waals surface area contributed by atoms with Crippen LogP contribution in [0.5, 0.6) is 0 Å². The maximum absolute atomic E-state index is 13.3. The van der Waals surface area contributed by atoms with Crippen molar-refractivity contribution in [1.29, 1.82) is 0 Å². The van der Waals surface area contributed by atoms with E-state index in [4.69, 9.17) is 0 Å². The van der Waals surface area contributed by atoms with Gasteiger partial charge in [-0.15, -0.1) is 0 Å². The first-order valence-electron chi connectivity index (χ1n) is 9.34. The van der Waals surface area contributed by atoms with Crippen LogP contribution in [0.2, 0.25) is 0 Å². The van der Waals surface area contributed by atoms with E-state index in [9.17, 15) is 14.3 Å². The molecule has 1 aliphatic carbocycles. The van der Waals surface area contributed by atoms with Gasteiger partial charge >= 0.3 is 11.7 Å². The number of halogens is 1. The van der Waals surface area contributed by atoms with Crippen LogP contribution in [0.15, 0.2) is 48.7 Å². The second-order valence-electron chi connectivity index (χ2n) is 7.26. The summed E-state index contributed by atoms with van der Waals surface area (Å²) in [4.78, 5) is 16.3. The summed E-state index contributed by atoms with van der Waals surface area (Å²) in [5, 5.41) is 13.0. The summed E-state index contributed by atoms with van der Waals surface area (Å²) in [5.41, 5.74) is 1.82. The number of aromatic amines is 1. The highest BCUT2D eigenvalue weighted by molar-refractivity contribution is 5.92. The van der Waals surface area contributed by atoms with Crippen LogP contribution in [-0.2, 0) is 0 Å². The summed E-state index contributed by atoms with van der Waals surface area (Å²) in [6.07, 6.45) is 6.51. The number of benzene rings is 1. The third-order valence-corrected chi connectivity index (χ3v) is 5.44. The number of aromatic nitrogens is 2. The van der Waals surface area contributed by atoms with Crippen molar-refractivity contribution in [1.82, 2.24) is 10.3 Å². The van der Waals surface area contributed by atoms with Crippen LogP contribution in [0.25, 0.3) is 16.8 Å². The van der Waals surface area contributed by atoms with Gasteiger partial charge in [-0.3, -0.25) is 4.79 Å². The zero-order chi connectivity index (χ0) is 18.9. The number of nitrogens with one attached hydrogen (secondary N) is 2. The molecule has 1 aromatic carbocycles. The Labute approximate surface area is 156 Å². The third-order valence-electron chi connectivity index (χ3n) is 5.44. The standard InChI is InChI=1S/C21H22FN3O2/c22-16-9-7-15(8-10-16)18-17-6-2-5-13-25(17)19(23-18)20(27)24-21(14-26)11-3-1-4-12-21/h2,5-10,13,26H,1,3-4,11-12,14H2,(H,24,27)/p+1. The molecule has 0 bridgehead atoms. The van der Waals surface area contributed by atoms with Gasteiger partial charge in [0.25, 0.3) is 0 Å². The van der Waals surface area contributed by atoms with Gasteiger partial charge in [-0.25, -0.2) is 9.37 Å². The van der Waals surface area contributed by atoms with Crippen molar-refractivity contribution in [3.05, 3.63) is 60.3 Å². The van der Waals surface area contributed by atoms with Crippen molar-refractivity contribution in [3.8, 4) is 11.3 Å². The Morgan fingerprint density at radius 2 is 1.89 bits per heavy atom. The number of fused-ring (bicyclic) bond motifs is 1. The Morgan fingerprint density at radius 1 is 1.15 bits per heavy atom. The molecule has 2 aromatic heterocycles. The van der Waals surface area contributed by atoms with E-state index >= 15 is 0 Å². The van der Waals surface area contributed by atoms with Crippen LogP contribution in [0.3, 0.4) is 0 Å². The molecular weight excluding hydrogens is 345 g/mol. The number of aliphatic hydroxyl groups is 1. The third kappa shape index (κ3) is 3.32. The second kappa shape index (κ2) is 7.12. The SMILES string of the molecule is O=C(NC1(CO)CCCCC1)c1[nH]c(-c2ccc(F)cc2)c2cccc[n+]12. The number of aliphatic hydroxyl groups excluding tert-OH is 1. The van der Waals surface area contributed by atoms with Crippen molar-refractivity contribution >= 4 is 11.4 Å². The molecule has 0 saturated heterocycles. The highest BCUT2D eigenvalue weighted by Gasteiger charge is 2.36. The average molecular weight is 368 g/mol. The number of nitrogens with zero attached hydrogens (tertiary/aromatic N) is 1. The summed E-state index contributed by atoms with van der Waals surface area (Å²) in [7, 11) is 0. The maximum atomic E-state index is 13.3. The van der Waals surface area contributed by atoms with E-state index in [1.807, 2.05) is 24.4 Å². The summed E-state index contributed by atoms with van der Waals surface area (Å²) < 4.78 is 15.1. The normalized spacial score (nSPS) is 16.4. The molecule has 0 unspecified atom stereocenters. The van der Waals surface area contributed by atoms with Crippen molar-refractivity contribution in [2.75, 3.05) is 6.61 Å². The number of carbonyl (C=O) groups is 1. The molecular formula is C21H23FN3O2+. The van der Waals surface area contributed by atoms with Crippen molar-refractivity contribution in [2.24, 2.45) is 0 Å². The Morgan fingerprint density at radius 3 is 2.59 bits per heavy atom. The van der Waals surface area contributed by atoms with Crippen molar-refractivity contribution in [2.45, 2.75) is 37.6 Å². The molecule has 1 fully saturated rings. The smallest absolute Gasteiger partial charge is 0.351 e. The number of pyridine rings is 1. The molecule has 0 atom stereocenters. The predicted octanol–water partition coefficient (Wildman–Crippen LogP) is 2.98. The summed E-state index contributed by atoms with van der Waals surface area (Å²) in [6.45, 7) is -0.0626. The highest BCUT2D eigenvalue weighted by Crippen LogP contribution is 2.28. The topological polar surface area (TPSA) is 69.2 Å². The predicted molar refractivity (Wildman–Crippen MR) is 99.7 cm³/mol. The number of carbonyl (C=O) groups excluding carboxylic acids is 1. The fraction of sp³-hybridized carbons (Fsp3) is 0.333. The molecule has 27 heavy (non-hydrogen) atoms. The first kappa shape index (κ1) is 17.7. The Balaban J connectivity index is 1.73. The summed E-state index contributed by atoms with van der Waals surface area (Å²) in [5.74, 6) is -0.161. The molecule has 0 radical (unpaired) electrons. The largest absolute Gasteiger partial charge is 0.394 e. The van der Waals surface area contributed by atoms with Crippen LogP contribution in [0.4, 0.5) is 4.39 Å². The van der Waals surface area contributed by atoms with Crippen LogP contribution in [0, 0.1) is 5.82 Å². The fourth-order valence-electron chi connectivity index (χ4n) is 3.94. The van der Waals surface area contributed by atoms with E-state index in [1.165, 1.54) is 12.1 Å². The molecule has 0 aliphatic heterocycles. The first-order valence-corrected chi connectivity index (χ1v) is 9.34. The van der Waals surface area contributed by atoms with Gasteiger partial charge in [0.1, 0.15) is 5.82 Å². The number of hydrogen-bond acceptors (Lipinski definition) is 2. The van der Waals surface area contributed by atoms with Gasteiger partial charge in [0.15, 0.2) is 11.2 Å². The highest BCUT2D eigenvalue weighted by atomic mass is 19.1. The zero-order valence-corrected chi connectivity index (χ0v) is 15.0. The van der Waals surface area contributed by atoms with Gasteiger partial charge < -0.3 is 10.4 Å². The molecule has 2 heterocycles. The van der Waals surface area contributed by atoms with Gasteiger partial charge in [-0.05, 0) is 49.2 Å². The van der Waals surface area contributed by atoms with E-state index < -0.39 is 5.54 Å². The lowest BCUT2D eigenvalue weighted by molar-refractivity contribution is -0.514. The minimum absolute atomic E-state index is 0.0626. The van der Waals surface area contributed by atoms with Gasteiger partial charge in [0.05, 0.1) is 18.3 Å². The van der Waals surface area contributed by atoms with Gasteiger partial charge in [0.2, 0.25) is 0 Å². The molecule has 5 nitrogen and oxygen atoms in total. The van der Waals surface area contributed by atoms with Crippen molar-refractivity contribution < 1.29 is 18.7 Å². The molecule has 1 amide bonds. The molecule has 4 rings (SSSR count). The monoisotopic (exact) mass is 368 g/mol. The minimum atomic E-state index is -0.557. The minimum Gasteiger partial charge on any atom is -0.394 e. The Kier molecular flexibility index (Phi) is 4.66. The molecule has 3 N–H and O–H groups in total. The van der Waals surface area contributed by atoms with Crippen LogP contribution in [-0.4, -0.2) is 28.1 Å². The molecule has 1 saturated carbocycles. The summed E-state index contributed by atoms with van der Waals surface area (Å²) >= 11 is 0. The van der Waals surface area contributed by atoms with Crippen LogP contribution >= 0.6 is 0 Å². The molecule has 0 spiro atoms. The fourth-order valence-corrected chi connectivity index (χ4v) is 3.94. The number of amides is 1. The lowest BCUT2D eigenvalue weighted by Crippen LogP contribution is -2.54. The van der Waals surface area contributed by atoms with E-state index in [0.29, 0.717) is 5.82 Å². The van der Waals surface area contributed by atoms with Gasteiger partial charge in [-0.1, -0.05) is 25.3 Å². The lowest BCUT2D eigenvalue weighted by Gasteiger charge is -2.35. The number of rotatable bonds is 4. The Hall–Kier alpha value is -2.73. The van der Waals surface area contributed by atoms with Crippen LogP contribution in [0.1, 0.15) is 42.7 Å². The van der Waals surface area contributed by atoms with E-state index in [1.54, 1.807) is 16.5 Å². The second-order valence-corrected chi connectivity index (χ2v) is 7.26. The van der Waals surface area contributed by atoms with E-state index in [0.717, 1.165) is 48.9 Å².